The van der Waals surface area contributed by atoms with E-state index < -0.39 is 6.04 Å². The number of carbonyl (C=O) groups excluding carboxylic acids is 2. The van der Waals surface area contributed by atoms with E-state index in [1.807, 2.05) is 25.1 Å². The van der Waals surface area contributed by atoms with E-state index in [2.05, 4.69) is 33.2 Å². The van der Waals surface area contributed by atoms with E-state index >= 15 is 0 Å². The summed E-state index contributed by atoms with van der Waals surface area (Å²) in [5, 5.41) is 5.78. The fraction of sp³-hybridized carbons (Fsp3) is 0.500. The number of hydrogen-bond acceptors (Lipinski definition) is 2. The molecule has 2 N–H and O–H groups in total. The number of rotatable bonds is 4. The van der Waals surface area contributed by atoms with Crippen molar-refractivity contribution in [2.45, 2.75) is 45.6 Å². The molecule has 1 aromatic carbocycles. The first-order valence-electron chi connectivity index (χ1n) is 7.31. The summed E-state index contributed by atoms with van der Waals surface area (Å²) in [6.07, 6.45) is 4.28. The van der Waals surface area contributed by atoms with E-state index in [9.17, 15) is 9.59 Å². The molecular formula is C16H21IN2O2. The van der Waals surface area contributed by atoms with Crippen LogP contribution in [0.4, 0.5) is 5.69 Å². The van der Waals surface area contributed by atoms with Gasteiger partial charge in [-0.25, -0.2) is 0 Å². The zero-order chi connectivity index (χ0) is 15.4. The molecule has 0 spiro atoms. The van der Waals surface area contributed by atoms with Gasteiger partial charge in [-0.15, -0.1) is 0 Å². The second-order valence-corrected chi connectivity index (χ2v) is 6.92. The lowest BCUT2D eigenvalue weighted by Gasteiger charge is -2.23. The second-order valence-electron chi connectivity index (χ2n) is 5.67. The molecule has 21 heavy (non-hydrogen) atoms. The molecule has 1 atom stereocenters. The molecule has 2 amide bonds. The number of amides is 2. The third-order valence-electron chi connectivity index (χ3n) is 3.96. The van der Waals surface area contributed by atoms with E-state index in [0.29, 0.717) is 0 Å². The smallest absolute Gasteiger partial charge is 0.247 e. The minimum Gasteiger partial charge on any atom is -0.344 e. The second kappa shape index (κ2) is 7.24. The maximum Gasteiger partial charge on any atom is 0.247 e. The van der Waals surface area contributed by atoms with Crippen molar-refractivity contribution in [2.75, 3.05) is 5.32 Å². The summed E-state index contributed by atoms with van der Waals surface area (Å²) in [5.74, 6) is -0.0131. The number of anilines is 1. The molecule has 1 unspecified atom stereocenters. The quantitative estimate of drug-likeness (QED) is 0.763. The lowest BCUT2D eigenvalue weighted by molar-refractivity contribution is -0.126. The Morgan fingerprint density at radius 1 is 1.29 bits per heavy atom. The van der Waals surface area contributed by atoms with Crippen molar-refractivity contribution in [3.63, 3.8) is 0 Å². The standard InChI is InChI=1S/C16H21IN2O2/c1-10-9-13(17)7-8-14(10)19-16(21)15(18-11(2)20)12-5-3-4-6-12/h7-9,12,15H,3-6H2,1-2H3,(H,18,20)(H,19,21). The van der Waals surface area contributed by atoms with E-state index in [1.54, 1.807) is 0 Å². The van der Waals surface area contributed by atoms with Gasteiger partial charge in [0.25, 0.3) is 0 Å². The molecule has 1 aliphatic carbocycles. The molecule has 2 rings (SSSR count). The van der Waals surface area contributed by atoms with Crippen LogP contribution in [-0.2, 0) is 9.59 Å². The molecule has 0 bridgehead atoms. The van der Waals surface area contributed by atoms with Crippen LogP contribution in [0.25, 0.3) is 0 Å². The number of nitrogens with one attached hydrogen (secondary N) is 2. The van der Waals surface area contributed by atoms with Gasteiger partial charge >= 0.3 is 0 Å². The molecule has 0 aliphatic heterocycles. The molecule has 114 valence electrons. The van der Waals surface area contributed by atoms with Crippen LogP contribution < -0.4 is 10.6 Å². The Labute approximate surface area is 139 Å². The van der Waals surface area contributed by atoms with Gasteiger partial charge in [-0.05, 0) is 72.0 Å². The Balaban J connectivity index is 2.11. The van der Waals surface area contributed by atoms with E-state index in [1.165, 1.54) is 6.92 Å². The van der Waals surface area contributed by atoms with Crippen LogP contribution in [0.15, 0.2) is 18.2 Å². The molecule has 4 nitrogen and oxygen atoms in total. The SMILES string of the molecule is CC(=O)NC(C(=O)Nc1ccc(I)cc1C)C1CCCC1. The normalized spacial score (nSPS) is 16.5. The van der Waals surface area contributed by atoms with Crippen LogP contribution in [0.3, 0.4) is 0 Å². The molecule has 0 aromatic heterocycles. The highest BCUT2D eigenvalue weighted by Gasteiger charge is 2.31. The highest BCUT2D eigenvalue weighted by atomic mass is 127. The van der Waals surface area contributed by atoms with Gasteiger partial charge in [-0.2, -0.15) is 0 Å². The molecule has 1 fully saturated rings. The molecule has 1 saturated carbocycles. The van der Waals surface area contributed by atoms with Crippen molar-refractivity contribution in [2.24, 2.45) is 5.92 Å². The Kier molecular flexibility index (Phi) is 5.61. The molecule has 1 aromatic rings. The lowest BCUT2D eigenvalue weighted by atomic mass is 9.97. The number of benzene rings is 1. The number of carbonyl (C=O) groups is 2. The Bertz CT molecular complexity index is 539. The monoisotopic (exact) mass is 400 g/mol. The average molecular weight is 400 g/mol. The van der Waals surface area contributed by atoms with Gasteiger partial charge in [-0.3, -0.25) is 9.59 Å². The zero-order valence-corrected chi connectivity index (χ0v) is 14.6. The lowest BCUT2D eigenvalue weighted by Crippen LogP contribution is -2.47. The largest absolute Gasteiger partial charge is 0.344 e. The van der Waals surface area contributed by atoms with Crippen LogP contribution >= 0.6 is 22.6 Å². The molecule has 1 aliphatic rings. The van der Waals surface area contributed by atoms with Gasteiger partial charge in [0.15, 0.2) is 0 Å². The van der Waals surface area contributed by atoms with Gasteiger partial charge in [0.2, 0.25) is 11.8 Å². The highest BCUT2D eigenvalue weighted by molar-refractivity contribution is 14.1. The summed E-state index contributed by atoms with van der Waals surface area (Å²) in [5.41, 5.74) is 1.84. The minimum atomic E-state index is -0.427. The van der Waals surface area contributed by atoms with Crippen molar-refractivity contribution in [1.82, 2.24) is 5.32 Å². The Morgan fingerprint density at radius 3 is 2.52 bits per heavy atom. The zero-order valence-electron chi connectivity index (χ0n) is 12.4. The van der Waals surface area contributed by atoms with Gasteiger partial charge < -0.3 is 10.6 Å². The van der Waals surface area contributed by atoms with Gasteiger partial charge in [0.05, 0.1) is 0 Å². The third-order valence-corrected chi connectivity index (χ3v) is 4.63. The van der Waals surface area contributed by atoms with Crippen molar-refractivity contribution in [1.29, 1.82) is 0 Å². The molecule has 0 heterocycles. The van der Waals surface area contributed by atoms with Crippen LogP contribution in [0, 0.1) is 16.4 Å². The Hall–Kier alpha value is -1.11. The van der Waals surface area contributed by atoms with Crippen molar-refractivity contribution in [3.8, 4) is 0 Å². The van der Waals surface area contributed by atoms with Crippen molar-refractivity contribution in [3.05, 3.63) is 27.3 Å². The van der Waals surface area contributed by atoms with E-state index in [0.717, 1.165) is 40.5 Å². The fourth-order valence-corrected chi connectivity index (χ4v) is 3.53. The fourth-order valence-electron chi connectivity index (χ4n) is 2.88. The van der Waals surface area contributed by atoms with Crippen molar-refractivity contribution >= 4 is 40.1 Å². The molecule has 0 radical (unpaired) electrons. The molecule has 5 heteroatoms. The Morgan fingerprint density at radius 2 is 1.95 bits per heavy atom. The van der Waals surface area contributed by atoms with Crippen LogP contribution in [0.1, 0.15) is 38.2 Å². The minimum absolute atomic E-state index is 0.110. The third kappa shape index (κ3) is 4.43. The predicted octanol–water partition coefficient (Wildman–Crippen LogP) is 3.23. The topological polar surface area (TPSA) is 58.2 Å². The van der Waals surface area contributed by atoms with E-state index in [-0.39, 0.29) is 17.7 Å². The summed E-state index contributed by atoms with van der Waals surface area (Å²) in [6.45, 7) is 3.44. The van der Waals surface area contributed by atoms with E-state index in [4.69, 9.17) is 0 Å². The number of hydrogen-bond donors (Lipinski definition) is 2. The molecule has 0 saturated heterocycles. The van der Waals surface area contributed by atoms with Crippen molar-refractivity contribution < 1.29 is 9.59 Å². The summed E-state index contributed by atoms with van der Waals surface area (Å²) >= 11 is 2.25. The first-order chi connectivity index (χ1) is 9.97. The maximum absolute atomic E-state index is 12.5. The first-order valence-corrected chi connectivity index (χ1v) is 8.39. The van der Waals surface area contributed by atoms with Crippen LogP contribution in [0.2, 0.25) is 0 Å². The number of aryl methyl sites for hydroxylation is 1. The maximum atomic E-state index is 12.5. The number of halogens is 1. The van der Waals surface area contributed by atoms with Gasteiger partial charge in [0.1, 0.15) is 6.04 Å². The average Bonchev–Trinajstić information content (AvgIpc) is 2.92. The predicted molar refractivity (Wildman–Crippen MR) is 92.1 cm³/mol. The summed E-state index contributed by atoms with van der Waals surface area (Å²) in [4.78, 5) is 23.9. The van der Waals surface area contributed by atoms with Gasteiger partial charge in [0, 0.05) is 16.2 Å². The summed E-state index contributed by atoms with van der Waals surface area (Å²) in [7, 11) is 0. The highest BCUT2D eigenvalue weighted by Crippen LogP contribution is 2.28. The van der Waals surface area contributed by atoms with Crippen LogP contribution in [-0.4, -0.2) is 17.9 Å². The van der Waals surface area contributed by atoms with Gasteiger partial charge in [-0.1, -0.05) is 12.8 Å². The summed E-state index contributed by atoms with van der Waals surface area (Å²) in [6, 6.07) is 5.48. The summed E-state index contributed by atoms with van der Waals surface area (Å²) < 4.78 is 1.14. The van der Waals surface area contributed by atoms with Crippen LogP contribution in [0.5, 0.6) is 0 Å². The first kappa shape index (κ1) is 16.3. The molecular weight excluding hydrogens is 379 g/mol.